The molecule has 2 heterocycles. The Morgan fingerprint density at radius 1 is 1.09 bits per heavy atom. The molecule has 0 unspecified atom stereocenters. The summed E-state index contributed by atoms with van der Waals surface area (Å²) in [5.41, 5.74) is 2.35. The maximum Gasteiger partial charge on any atom is 0.240 e. The number of aryl methyl sites for hydroxylation is 1. The fraction of sp³-hybridized carbons (Fsp3) is 0.217. The molecule has 4 aromatic rings. The Bertz CT molecular complexity index is 1440. The molecule has 0 saturated heterocycles. The lowest BCUT2D eigenvalue weighted by Crippen LogP contribution is -2.26. The summed E-state index contributed by atoms with van der Waals surface area (Å²) in [5, 5.41) is 16.2. The highest BCUT2D eigenvalue weighted by Crippen LogP contribution is 2.18. The topological polar surface area (TPSA) is 128 Å². The Hall–Kier alpha value is -3.48. The van der Waals surface area contributed by atoms with Gasteiger partial charge >= 0.3 is 0 Å². The van der Waals surface area contributed by atoms with Crippen molar-refractivity contribution in [2.45, 2.75) is 23.3 Å². The third kappa shape index (κ3) is 6.35. The van der Waals surface area contributed by atoms with Gasteiger partial charge in [0.1, 0.15) is 10.8 Å². The lowest BCUT2D eigenvalue weighted by Gasteiger charge is -2.07. The quantitative estimate of drug-likeness (QED) is 0.311. The summed E-state index contributed by atoms with van der Waals surface area (Å²) in [6, 6.07) is 17.3. The van der Waals surface area contributed by atoms with Gasteiger partial charge in [0.25, 0.3) is 0 Å². The van der Waals surface area contributed by atoms with Gasteiger partial charge in [-0.2, -0.15) is 9.61 Å². The van der Waals surface area contributed by atoms with Gasteiger partial charge < -0.3 is 10.1 Å². The first-order chi connectivity index (χ1) is 16.8. The molecule has 2 aromatic carbocycles. The van der Waals surface area contributed by atoms with Crippen molar-refractivity contribution in [3.63, 3.8) is 0 Å². The maximum absolute atomic E-state index is 12.5. The molecule has 0 aliphatic rings. The first kappa shape index (κ1) is 24.6. The average molecular weight is 513 g/mol. The van der Waals surface area contributed by atoms with E-state index in [0.29, 0.717) is 22.2 Å². The summed E-state index contributed by atoms with van der Waals surface area (Å²) in [7, 11) is -2.16. The lowest BCUT2D eigenvalue weighted by atomic mass is 10.2. The summed E-state index contributed by atoms with van der Waals surface area (Å²) in [6.45, 7) is 2.08. The van der Waals surface area contributed by atoms with Crippen molar-refractivity contribution in [1.82, 2.24) is 24.5 Å². The molecule has 0 atom stereocenters. The standard InChI is InChI=1S/C23H24N6O4S2/c1-16-4-3-5-17(14-16)25-22(30)15-34-23-11-10-20-26-27-21(29(20)28-23)12-13-24-35(31,32)19-8-6-18(33-2)7-9-19/h3-11,14,24H,12-13,15H2,1-2H3,(H,25,30). The SMILES string of the molecule is COc1ccc(S(=O)(=O)NCCc2nnc3ccc(SCC(=O)Nc4cccc(C)c4)nn23)cc1. The minimum Gasteiger partial charge on any atom is -0.497 e. The molecule has 10 nitrogen and oxygen atoms in total. The molecule has 0 aliphatic heterocycles. The Morgan fingerprint density at radius 3 is 2.63 bits per heavy atom. The van der Waals surface area contributed by atoms with E-state index in [0.717, 1.165) is 11.3 Å². The van der Waals surface area contributed by atoms with E-state index in [2.05, 4.69) is 25.3 Å². The van der Waals surface area contributed by atoms with Crippen molar-refractivity contribution < 1.29 is 17.9 Å². The second-order valence-electron chi connectivity index (χ2n) is 7.59. The van der Waals surface area contributed by atoms with E-state index in [1.165, 1.54) is 31.0 Å². The minimum atomic E-state index is -3.68. The number of aromatic nitrogens is 4. The van der Waals surface area contributed by atoms with E-state index in [1.54, 1.807) is 28.8 Å². The number of fused-ring (bicyclic) bond motifs is 1. The Balaban J connectivity index is 1.35. The van der Waals surface area contributed by atoms with Gasteiger partial charge in [0.15, 0.2) is 11.5 Å². The Labute approximate surface area is 207 Å². The molecule has 0 fully saturated rings. The summed E-state index contributed by atoms with van der Waals surface area (Å²) < 4.78 is 34.2. The first-order valence-electron chi connectivity index (χ1n) is 10.7. The van der Waals surface area contributed by atoms with Crippen LogP contribution in [-0.4, -0.2) is 53.5 Å². The van der Waals surface area contributed by atoms with Crippen molar-refractivity contribution in [3.05, 3.63) is 72.1 Å². The van der Waals surface area contributed by atoms with Gasteiger partial charge in [-0.25, -0.2) is 13.1 Å². The average Bonchev–Trinajstić information content (AvgIpc) is 3.25. The number of benzene rings is 2. The lowest BCUT2D eigenvalue weighted by molar-refractivity contribution is -0.113. The summed E-state index contributed by atoms with van der Waals surface area (Å²) in [6.07, 6.45) is 0.283. The van der Waals surface area contributed by atoms with Crippen LogP contribution in [0.2, 0.25) is 0 Å². The van der Waals surface area contributed by atoms with Crippen LogP contribution in [0.1, 0.15) is 11.4 Å². The van der Waals surface area contributed by atoms with Crippen LogP contribution < -0.4 is 14.8 Å². The third-order valence-corrected chi connectivity index (χ3v) is 7.36. The van der Waals surface area contributed by atoms with Gasteiger partial charge in [0.05, 0.1) is 17.8 Å². The summed E-state index contributed by atoms with van der Waals surface area (Å²) in [4.78, 5) is 12.4. The Kier molecular flexibility index (Phi) is 7.63. The minimum absolute atomic E-state index is 0.118. The second kappa shape index (κ2) is 10.8. The zero-order valence-electron chi connectivity index (χ0n) is 19.1. The fourth-order valence-corrected chi connectivity index (χ4v) is 4.93. The second-order valence-corrected chi connectivity index (χ2v) is 10.4. The van der Waals surface area contributed by atoms with Crippen LogP contribution in [0.25, 0.3) is 5.65 Å². The van der Waals surface area contributed by atoms with Crippen molar-refractivity contribution in [1.29, 1.82) is 0 Å². The molecule has 12 heteroatoms. The molecular weight excluding hydrogens is 488 g/mol. The van der Waals surface area contributed by atoms with Crippen LogP contribution in [0, 0.1) is 6.92 Å². The van der Waals surface area contributed by atoms with Crippen molar-refractivity contribution in [2.75, 3.05) is 24.7 Å². The third-order valence-electron chi connectivity index (χ3n) is 4.97. The number of carbonyl (C=O) groups is 1. The molecule has 0 radical (unpaired) electrons. The van der Waals surface area contributed by atoms with Gasteiger partial charge in [-0.1, -0.05) is 23.9 Å². The molecule has 4 rings (SSSR count). The number of carbonyl (C=O) groups excluding carboxylic acids is 1. The zero-order chi connectivity index (χ0) is 24.8. The smallest absolute Gasteiger partial charge is 0.240 e. The van der Waals surface area contributed by atoms with Crippen LogP contribution in [0.5, 0.6) is 5.75 Å². The highest BCUT2D eigenvalue weighted by Gasteiger charge is 2.15. The van der Waals surface area contributed by atoms with Crippen molar-refractivity contribution >= 4 is 39.0 Å². The van der Waals surface area contributed by atoms with Gasteiger partial charge in [0.2, 0.25) is 15.9 Å². The molecule has 0 bridgehead atoms. The zero-order valence-corrected chi connectivity index (χ0v) is 20.8. The van der Waals surface area contributed by atoms with Gasteiger partial charge in [-0.15, -0.1) is 10.2 Å². The van der Waals surface area contributed by atoms with Gasteiger partial charge in [0, 0.05) is 18.7 Å². The largest absolute Gasteiger partial charge is 0.497 e. The van der Waals surface area contributed by atoms with Crippen LogP contribution in [0.4, 0.5) is 5.69 Å². The fourth-order valence-electron chi connectivity index (χ4n) is 3.24. The molecule has 0 saturated carbocycles. The number of amides is 1. The van der Waals surface area contributed by atoms with Crippen LogP contribution >= 0.6 is 11.8 Å². The number of nitrogens with zero attached hydrogens (tertiary/aromatic N) is 4. The molecular formula is C23H24N6O4S2. The molecule has 0 spiro atoms. The van der Waals surface area contributed by atoms with E-state index in [4.69, 9.17) is 4.74 Å². The monoisotopic (exact) mass is 512 g/mol. The normalized spacial score (nSPS) is 11.5. The number of nitrogens with one attached hydrogen (secondary N) is 2. The molecule has 0 aliphatic carbocycles. The molecule has 182 valence electrons. The highest BCUT2D eigenvalue weighted by atomic mass is 32.2. The number of hydrogen-bond donors (Lipinski definition) is 2. The predicted octanol–water partition coefficient (Wildman–Crippen LogP) is 2.69. The van der Waals surface area contributed by atoms with E-state index >= 15 is 0 Å². The number of hydrogen-bond acceptors (Lipinski definition) is 8. The van der Waals surface area contributed by atoms with E-state index < -0.39 is 10.0 Å². The Morgan fingerprint density at radius 2 is 1.89 bits per heavy atom. The predicted molar refractivity (Wildman–Crippen MR) is 133 cm³/mol. The molecule has 35 heavy (non-hydrogen) atoms. The molecule has 1 amide bonds. The van der Waals surface area contributed by atoms with Gasteiger partial charge in [-0.05, 0) is 61.0 Å². The number of rotatable bonds is 10. The van der Waals surface area contributed by atoms with Crippen molar-refractivity contribution in [3.8, 4) is 5.75 Å². The number of sulfonamides is 1. The molecule has 2 N–H and O–H groups in total. The van der Waals surface area contributed by atoms with Crippen molar-refractivity contribution in [2.24, 2.45) is 0 Å². The van der Waals surface area contributed by atoms with Crippen LogP contribution in [0.15, 0.2) is 70.6 Å². The van der Waals surface area contributed by atoms with Gasteiger partial charge in [-0.3, -0.25) is 4.79 Å². The summed E-state index contributed by atoms with van der Waals surface area (Å²) >= 11 is 1.29. The van der Waals surface area contributed by atoms with E-state index in [1.807, 2.05) is 31.2 Å². The van der Waals surface area contributed by atoms with E-state index in [9.17, 15) is 13.2 Å². The highest BCUT2D eigenvalue weighted by molar-refractivity contribution is 7.99. The molecule has 2 aromatic heterocycles. The summed E-state index contributed by atoms with van der Waals surface area (Å²) in [5.74, 6) is 1.13. The number of thioether (sulfide) groups is 1. The van der Waals surface area contributed by atoms with Crippen LogP contribution in [0.3, 0.4) is 0 Å². The number of anilines is 1. The van der Waals surface area contributed by atoms with E-state index in [-0.39, 0.29) is 29.5 Å². The maximum atomic E-state index is 12.5. The van der Waals surface area contributed by atoms with Crippen LogP contribution in [-0.2, 0) is 21.2 Å². The number of ether oxygens (including phenoxy) is 1. The first-order valence-corrected chi connectivity index (χ1v) is 13.2. The number of methoxy groups -OCH3 is 1.